The summed E-state index contributed by atoms with van der Waals surface area (Å²) >= 11 is 0. The van der Waals surface area contributed by atoms with Crippen LogP contribution in [0.25, 0.3) is 0 Å². The predicted molar refractivity (Wildman–Crippen MR) is 103 cm³/mol. The lowest BCUT2D eigenvalue weighted by atomic mass is 10.1. The van der Waals surface area contributed by atoms with E-state index >= 15 is 0 Å². The Bertz CT molecular complexity index is 744. The highest BCUT2D eigenvalue weighted by Crippen LogP contribution is 2.26. The maximum Gasteiger partial charge on any atom is 0.410 e. The van der Waals surface area contributed by atoms with Crippen LogP contribution in [0.15, 0.2) is 18.2 Å². The standard InChI is InChI=1S/C19H27FN4O4/c1-19(2,3)28-18(25)23-7-6-15(13-23)21-8-10-22(11-9-21)17-5-4-14(24(26)27)12-16(17)20/h4-5,12,15H,6-11,13H2,1-3H3/t15-/m1/s1. The van der Waals surface area contributed by atoms with Gasteiger partial charge in [-0.3, -0.25) is 15.0 Å². The highest BCUT2D eigenvalue weighted by atomic mass is 19.1. The minimum Gasteiger partial charge on any atom is -0.444 e. The molecule has 28 heavy (non-hydrogen) atoms. The van der Waals surface area contributed by atoms with Crippen LogP contribution in [0.2, 0.25) is 0 Å². The third-order valence-electron chi connectivity index (χ3n) is 5.13. The molecule has 1 aromatic carbocycles. The van der Waals surface area contributed by atoms with Crippen molar-refractivity contribution in [2.75, 3.05) is 44.2 Å². The third kappa shape index (κ3) is 4.70. The average molecular weight is 394 g/mol. The lowest BCUT2D eigenvalue weighted by molar-refractivity contribution is -0.385. The number of nitrogens with zero attached hydrogens (tertiary/aromatic N) is 4. The van der Waals surface area contributed by atoms with Gasteiger partial charge in [0.05, 0.1) is 16.7 Å². The molecule has 2 heterocycles. The van der Waals surface area contributed by atoms with Gasteiger partial charge in [-0.25, -0.2) is 9.18 Å². The second-order valence-corrected chi connectivity index (χ2v) is 8.28. The van der Waals surface area contributed by atoms with Crippen LogP contribution in [0.1, 0.15) is 27.2 Å². The molecule has 0 aliphatic carbocycles. The molecule has 0 radical (unpaired) electrons. The van der Waals surface area contributed by atoms with Gasteiger partial charge in [-0.05, 0) is 33.3 Å². The van der Waals surface area contributed by atoms with E-state index in [2.05, 4.69) is 4.90 Å². The number of carbonyl (C=O) groups is 1. The van der Waals surface area contributed by atoms with Gasteiger partial charge in [0.2, 0.25) is 0 Å². The van der Waals surface area contributed by atoms with Crippen LogP contribution in [0.3, 0.4) is 0 Å². The highest BCUT2D eigenvalue weighted by Gasteiger charge is 2.34. The Morgan fingerprint density at radius 3 is 2.46 bits per heavy atom. The number of amides is 1. The number of halogens is 1. The van der Waals surface area contributed by atoms with Crippen LogP contribution in [0, 0.1) is 15.9 Å². The molecule has 0 unspecified atom stereocenters. The molecular weight excluding hydrogens is 367 g/mol. The SMILES string of the molecule is CC(C)(C)OC(=O)N1CC[C@@H](N2CCN(c3ccc([N+](=O)[O-])cc3F)CC2)C1. The zero-order valence-corrected chi connectivity index (χ0v) is 16.6. The third-order valence-corrected chi connectivity index (χ3v) is 5.13. The van der Waals surface area contributed by atoms with Gasteiger partial charge >= 0.3 is 6.09 Å². The first kappa shape index (κ1) is 20.3. The first-order valence-electron chi connectivity index (χ1n) is 9.55. The summed E-state index contributed by atoms with van der Waals surface area (Å²) in [5.74, 6) is -0.570. The number of non-ortho nitro benzene ring substituents is 1. The molecule has 0 bridgehead atoms. The van der Waals surface area contributed by atoms with Crippen molar-refractivity contribution in [1.29, 1.82) is 0 Å². The fraction of sp³-hybridized carbons (Fsp3) is 0.632. The summed E-state index contributed by atoms with van der Waals surface area (Å²) in [7, 11) is 0. The molecule has 3 rings (SSSR count). The second kappa shape index (κ2) is 7.90. The van der Waals surface area contributed by atoms with Crippen molar-refractivity contribution in [2.24, 2.45) is 0 Å². The molecule has 1 aromatic rings. The number of anilines is 1. The lowest BCUT2D eigenvalue weighted by Crippen LogP contribution is -2.51. The van der Waals surface area contributed by atoms with Crippen molar-refractivity contribution in [3.63, 3.8) is 0 Å². The Kier molecular flexibility index (Phi) is 5.74. The van der Waals surface area contributed by atoms with E-state index in [1.807, 2.05) is 25.7 Å². The molecular formula is C19H27FN4O4. The van der Waals surface area contributed by atoms with Crippen LogP contribution in [-0.2, 0) is 4.74 Å². The Balaban J connectivity index is 1.53. The van der Waals surface area contributed by atoms with Gasteiger partial charge in [0.15, 0.2) is 5.82 Å². The molecule has 1 amide bonds. The van der Waals surface area contributed by atoms with Crippen molar-refractivity contribution < 1.29 is 18.8 Å². The van der Waals surface area contributed by atoms with E-state index in [0.717, 1.165) is 25.6 Å². The number of benzene rings is 1. The normalized spacial score (nSPS) is 21.1. The predicted octanol–water partition coefficient (Wildman–Crippen LogP) is 2.87. The van der Waals surface area contributed by atoms with Crippen LogP contribution in [0.4, 0.5) is 20.6 Å². The molecule has 154 valence electrons. The van der Waals surface area contributed by atoms with E-state index in [9.17, 15) is 19.3 Å². The van der Waals surface area contributed by atoms with Crippen molar-refractivity contribution in [3.8, 4) is 0 Å². The molecule has 0 N–H and O–H groups in total. The van der Waals surface area contributed by atoms with Crippen LogP contribution >= 0.6 is 0 Å². The summed E-state index contributed by atoms with van der Waals surface area (Å²) in [6.45, 7) is 9.67. The van der Waals surface area contributed by atoms with Gasteiger partial charge in [-0.15, -0.1) is 0 Å². The Hall–Kier alpha value is -2.42. The summed E-state index contributed by atoms with van der Waals surface area (Å²) in [6.07, 6.45) is 0.618. The van der Waals surface area contributed by atoms with E-state index in [0.29, 0.717) is 31.9 Å². The number of nitro groups is 1. The number of rotatable bonds is 3. The van der Waals surface area contributed by atoms with Gasteiger partial charge in [0.25, 0.3) is 5.69 Å². The van der Waals surface area contributed by atoms with E-state index in [1.54, 1.807) is 4.90 Å². The molecule has 0 spiro atoms. The maximum absolute atomic E-state index is 14.3. The first-order chi connectivity index (χ1) is 13.1. The summed E-state index contributed by atoms with van der Waals surface area (Å²) in [5, 5.41) is 10.8. The minimum atomic E-state index is -0.596. The molecule has 0 aromatic heterocycles. The first-order valence-corrected chi connectivity index (χ1v) is 9.55. The molecule has 8 nitrogen and oxygen atoms in total. The maximum atomic E-state index is 14.3. The fourth-order valence-electron chi connectivity index (χ4n) is 3.73. The average Bonchev–Trinajstić information content (AvgIpc) is 3.10. The lowest BCUT2D eigenvalue weighted by Gasteiger charge is -2.39. The number of hydrogen-bond donors (Lipinski definition) is 0. The minimum absolute atomic E-state index is 0.243. The van der Waals surface area contributed by atoms with Crippen molar-refractivity contribution >= 4 is 17.5 Å². The van der Waals surface area contributed by atoms with Crippen molar-refractivity contribution in [2.45, 2.75) is 38.8 Å². The van der Waals surface area contributed by atoms with E-state index in [1.165, 1.54) is 12.1 Å². The topological polar surface area (TPSA) is 79.2 Å². The number of ether oxygens (including phenoxy) is 1. The van der Waals surface area contributed by atoms with E-state index < -0.39 is 16.3 Å². The summed E-state index contributed by atoms with van der Waals surface area (Å²) in [5.41, 5.74) is -0.351. The van der Waals surface area contributed by atoms with Gasteiger partial charge in [0, 0.05) is 51.4 Å². The zero-order valence-electron chi connectivity index (χ0n) is 16.6. The van der Waals surface area contributed by atoms with Crippen molar-refractivity contribution in [1.82, 2.24) is 9.80 Å². The fourth-order valence-corrected chi connectivity index (χ4v) is 3.73. The molecule has 0 saturated carbocycles. The van der Waals surface area contributed by atoms with Gasteiger partial charge in [-0.1, -0.05) is 0 Å². The molecule has 2 saturated heterocycles. The number of piperazine rings is 1. The molecule has 2 fully saturated rings. The monoisotopic (exact) mass is 394 g/mol. The van der Waals surface area contributed by atoms with Gasteiger partial charge in [-0.2, -0.15) is 0 Å². The van der Waals surface area contributed by atoms with E-state index in [-0.39, 0.29) is 17.8 Å². The number of nitro benzene ring substituents is 1. The second-order valence-electron chi connectivity index (χ2n) is 8.28. The number of likely N-dealkylation sites (tertiary alicyclic amines) is 1. The Labute approximate surface area is 164 Å². The summed E-state index contributed by atoms with van der Waals surface area (Å²) < 4.78 is 19.7. The molecule has 1 atom stereocenters. The zero-order chi connectivity index (χ0) is 20.5. The summed E-state index contributed by atoms with van der Waals surface area (Å²) in [4.78, 5) is 28.4. The van der Waals surface area contributed by atoms with Crippen LogP contribution in [-0.4, -0.2) is 71.7 Å². The van der Waals surface area contributed by atoms with Crippen molar-refractivity contribution in [3.05, 3.63) is 34.1 Å². The Morgan fingerprint density at radius 2 is 1.89 bits per heavy atom. The Morgan fingerprint density at radius 1 is 1.21 bits per heavy atom. The van der Waals surface area contributed by atoms with Gasteiger partial charge < -0.3 is 14.5 Å². The highest BCUT2D eigenvalue weighted by molar-refractivity contribution is 5.68. The summed E-state index contributed by atoms with van der Waals surface area (Å²) in [6, 6.07) is 4.05. The largest absolute Gasteiger partial charge is 0.444 e. The molecule has 2 aliphatic rings. The number of hydrogen-bond acceptors (Lipinski definition) is 6. The van der Waals surface area contributed by atoms with Crippen LogP contribution < -0.4 is 4.90 Å². The van der Waals surface area contributed by atoms with Crippen LogP contribution in [0.5, 0.6) is 0 Å². The quantitative estimate of drug-likeness (QED) is 0.579. The molecule has 2 aliphatic heterocycles. The molecule has 9 heteroatoms. The smallest absolute Gasteiger partial charge is 0.410 e. The van der Waals surface area contributed by atoms with Gasteiger partial charge in [0.1, 0.15) is 5.60 Å². The van der Waals surface area contributed by atoms with E-state index in [4.69, 9.17) is 4.74 Å². The number of carbonyl (C=O) groups excluding carboxylic acids is 1.